The predicted octanol–water partition coefficient (Wildman–Crippen LogP) is 8.52. The van der Waals surface area contributed by atoms with Crippen molar-refractivity contribution >= 4 is 39.5 Å². The minimum absolute atomic E-state index is 0.563. The molecule has 5 aromatic rings. The Labute approximate surface area is 211 Å². The van der Waals surface area contributed by atoms with Crippen LogP contribution in [0.4, 0.5) is 23.0 Å². The van der Waals surface area contributed by atoms with Gasteiger partial charge in [0.2, 0.25) is 5.95 Å². The van der Waals surface area contributed by atoms with Gasteiger partial charge in [-0.2, -0.15) is 0 Å². The molecule has 0 bridgehead atoms. The molecular weight excluding hydrogens is 440 g/mol. The van der Waals surface area contributed by atoms with Crippen LogP contribution in [-0.2, 0) is 0 Å². The SMILES string of the molecule is C1=CC(c2ccc(-c3nc(Nc4ccccc4Nc4ccccc4)nc4ccccc34)cc2)=CCC1. The molecular formula is C32H26N4. The molecule has 4 aromatic carbocycles. The summed E-state index contributed by atoms with van der Waals surface area (Å²) in [5.41, 5.74) is 8.29. The van der Waals surface area contributed by atoms with Crippen molar-refractivity contribution in [3.05, 3.63) is 127 Å². The maximum atomic E-state index is 4.98. The number of nitrogens with one attached hydrogen (secondary N) is 2. The number of aromatic nitrogens is 2. The number of nitrogens with zero attached hydrogens (tertiary/aromatic N) is 2. The Kier molecular flexibility index (Phi) is 5.99. The fraction of sp³-hybridized carbons (Fsp3) is 0.0625. The normalized spacial score (nSPS) is 12.8. The van der Waals surface area contributed by atoms with Crippen molar-refractivity contribution in [1.29, 1.82) is 0 Å². The first-order valence-electron chi connectivity index (χ1n) is 12.3. The summed E-state index contributed by atoms with van der Waals surface area (Å²) in [7, 11) is 0. The van der Waals surface area contributed by atoms with Gasteiger partial charge >= 0.3 is 0 Å². The van der Waals surface area contributed by atoms with Gasteiger partial charge in [-0.05, 0) is 54.3 Å². The Hall–Kier alpha value is -4.70. The quantitative estimate of drug-likeness (QED) is 0.263. The van der Waals surface area contributed by atoms with Gasteiger partial charge in [-0.3, -0.25) is 0 Å². The van der Waals surface area contributed by atoms with Crippen LogP contribution >= 0.6 is 0 Å². The Morgan fingerprint density at radius 2 is 1.28 bits per heavy atom. The van der Waals surface area contributed by atoms with Crippen molar-refractivity contribution in [1.82, 2.24) is 9.97 Å². The summed E-state index contributed by atoms with van der Waals surface area (Å²) in [5, 5.41) is 7.97. The van der Waals surface area contributed by atoms with Gasteiger partial charge in [0.25, 0.3) is 0 Å². The monoisotopic (exact) mass is 466 g/mol. The smallest absolute Gasteiger partial charge is 0.228 e. The predicted molar refractivity (Wildman–Crippen MR) is 151 cm³/mol. The Morgan fingerprint density at radius 1 is 0.583 bits per heavy atom. The summed E-state index contributed by atoms with van der Waals surface area (Å²) in [6.45, 7) is 0. The first kappa shape index (κ1) is 21.8. The van der Waals surface area contributed by atoms with Crippen LogP contribution in [0.25, 0.3) is 27.7 Å². The van der Waals surface area contributed by atoms with E-state index in [4.69, 9.17) is 9.97 Å². The van der Waals surface area contributed by atoms with E-state index in [2.05, 4.69) is 59.2 Å². The Balaban J connectivity index is 1.36. The van der Waals surface area contributed by atoms with Crippen LogP contribution in [-0.4, -0.2) is 9.97 Å². The third-order valence-corrected chi connectivity index (χ3v) is 6.32. The summed E-state index contributed by atoms with van der Waals surface area (Å²) < 4.78 is 0. The molecule has 0 atom stereocenters. The van der Waals surface area contributed by atoms with Crippen LogP contribution in [0.2, 0.25) is 0 Å². The van der Waals surface area contributed by atoms with Crippen molar-refractivity contribution < 1.29 is 0 Å². The molecule has 0 fully saturated rings. The number of hydrogen-bond acceptors (Lipinski definition) is 4. The van der Waals surface area contributed by atoms with Crippen molar-refractivity contribution in [2.75, 3.05) is 10.6 Å². The lowest BCUT2D eigenvalue weighted by Gasteiger charge is -2.15. The number of rotatable bonds is 6. The maximum Gasteiger partial charge on any atom is 0.228 e. The lowest BCUT2D eigenvalue weighted by molar-refractivity contribution is 1.04. The fourth-order valence-corrected chi connectivity index (χ4v) is 4.50. The molecule has 6 rings (SSSR count). The van der Waals surface area contributed by atoms with E-state index in [9.17, 15) is 0 Å². The third-order valence-electron chi connectivity index (χ3n) is 6.32. The second-order valence-electron chi connectivity index (χ2n) is 8.79. The Bertz CT molecular complexity index is 1570. The summed E-state index contributed by atoms with van der Waals surface area (Å²) in [6.07, 6.45) is 8.97. The second kappa shape index (κ2) is 9.88. The maximum absolute atomic E-state index is 4.98. The third kappa shape index (κ3) is 4.62. The van der Waals surface area contributed by atoms with E-state index in [0.29, 0.717) is 5.95 Å². The van der Waals surface area contributed by atoms with E-state index in [1.807, 2.05) is 72.8 Å². The van der Waals surface area contributed by atoms with Gasteiger partial charge in [0.1, 0.15) is 0 Å². The highest BCUT2D eigenvalue weighted by Gasteiger charge is 2.12. The molecule has 0 radical (unpaired) electrons. The van der Waals surface area contributed by atoms with Gasteiger partial charge in [0.05, 0.1) is 22.6 Å². The van der Waals surface area contributed by atoms with Gasteiger partial charge in [0.15, 0.2) is 0 Å². The van der Waals surface area contributed by atoms with E-state index in [-0.39, 0.29) is 0 Å². The fourth-order valence-electron chi connectivity index (χ4n) is 4.50. The number of para-hydroxylation sites is 4. The highest BCUT2D eigenvalue weighted by Crippen LogP contribution is 2.32. The topological polar surface area (TPSA) is 49.8 Å². The minimum Gasteiger partial charge on any atom is -0.354 e. The van der Waals surface area contributed by atoms with Gasteiger partial charge < -0.3 is 10.6 Å². The van der Waals surface area contributed by atoms with Crippen molar-refractivity contribution in [2.45, 2.75) is 12.8 Å². The van der Waals surface area contributed by atoms with Crippen LogP contribution in [0.15, 0.2) is 121 Å². The molecule has 4 nitrogen and oxygen atoms in total. The lowest BCUT2D eigenvalue weighted by atomic mass is 9.97. The standard InChI is InChI=1S/C32H26N4/c1-3-11-23(12-4-1)24-19-21-25(22-20-24)31-27-15-7-8-16-28(27)34-32(36-31)35-30-18-10-9-17-29(30)33-26-13-5-2-6-14-26/h2-3,5-22,33H,1,4H2,(H,34,35,36). The number of fused-ring (bicyclic) bond motifs is 1. The molecule has 36 heavy (non-hydrogen) atoms. The van der Waals surface area contributed by atoms with Gasteiger partial charge in [-0.25, -0.2) is 9.97 Å². The summed E-state index contributed by atoms with van der Waals surface area (Å²) >= 11 is 0. The average Bonchev–Trinajstić information content (AvgIpc) is 2.95. The Morgan fingerprint density at radius 3 is 2.06 bits per heavy atom. The van der Waals surface area contributed by atoms with E-state index in [1.165, 1.54) is 11.1 Å². The number of hydrogen-bond donors (Lipinski definition) is 2. The zero-order valence-corrected chi connectivity index (χ0v) is 19.9. The molecule has 1 aliphatic rings. The summed E-state index contributed by atoms with van der Waals surface area (Å²) in [5.74, 6) is 0.563. The van der Waals surface area contributed by atoms with Gasteiger partial charge in [-0.15, -0.1) is 0 Å². The average molecular weight is 467 g/mol. The van der Waals surface area contributed by atoms with Crippen molar-refractivity contribution in [3.63, 3.8) is 0 Å². The zero-order valence-electron chi connectivity index (χ0n) is 19.9. The van der Waals surface area contributed by atoms with E-state index in [0.717, 1.165) is 52.1 Å². The van der Waals surface area contributed by atoms with Crippen LogP contribution in [0.5, 0.6) is 0 Å². The molecule has 1 aromatic heterocycles. The first-order chi connectivity index (χ1) is 17.8. The van der Waals surface area contributed by atoms with Crippen molar-refractivity contribution in [2.24, 2.45) is 0 Å². The molecule has 2 N–H and O–H groups in total. The molecule has 0 amide bonds. The molecule has 4 heteroatoms. The number of allylic oxidation sites excluding steroid dienone is 4. The second-order valence-corrected chi connectivity index (χ2v) is 8.79. The van der Waals surface area contributed by atoms with E-state index < -0.39 is 0 Å². The summed E-state index contributed by atoms with van der Waals surface area (Å²) in [6, 6.07) is 35.1. The minimum atomic E-state index is 0.563. The van der Waals surface area contributed by atoms with Crippen LogP contribution in [0.3, 0.4) is 0 Å². The van der Waals surface area contributed by atoms with Gasteiger partial charge in [-0.1, -0.05) is 91.0 Å². The van der Waals surface area contributed by atoms with E-state index in [1.54, 1.807) is 0 Å². The molecule has 174 valence electrons. The highest BCUT2D eigenvalue weighted by atomic mass is 15.1. The number of benzene rings is 4. The zero-order chi connectivity index (χ0) is 24.2. The number of anilines is 4. The van der Waals surface area contributed by atoms with Crippen LogP contribution in [0, 0.1) is 0 Å². The molecule has 0 saturated heterocycles. The molecule has 1 heterocycles. The summed E-state index contributed by atoms with van der Waals surface area (Å²) in [4.78, 5) is 9.81. The van der Waals surface area contributed by atoms with Gasteiger partial charge in [0, 0.05) is 16.6 Å². The molecule has 0 aliphatic heterocycles. The lowest BCUT2D eigenvalue weighted by Crippen LogP contribution is -2.02. The molecule has 0 saturated carbocycles. The molecule has 0 spiro atoms. The van der Waals surface area contributed by atoms with E-state index >= 15 is 0 Å². The molecule has 0 unspecified atom stereocenters. The first-order valence-corrected chi connectivity index (χ1v) is 12.3. The van der Waals surface area contributed by atoms with Crippen LogP contribution in [0.1, 0.15) is 18.4 Å². The van der Waals surface area contributed by atoms with Crippen LogP contribution < -0.4 is 10.6 Å². The van der Waals surface area contributed by atoms with Crippen molar-refractivity contribution in [3.8, 4) is 11.3 Å². The molecule has 1 aliphatic carbocycles. The highest BCUT2D eigenvalue weighted by molar-refractivity contribution is 5.94. The largest absolute Gasteiger partial charge is 0.354 e.